The largest absolute Gasteiger partial charge is 0.358 e. The Hall–Kier alpha value is -3.93. The summed E-state index contributed by atoms with van der Waals surface area (Å²) in [5.41, 5.74) is 8.17. The van der Waals surface area contributed by atoms with Crippen molar-refractivity contribution in [3.63, 3.8) is 0 Å². The molecule has 0 unspecified atom stereocenters. The van der Waals surface area contributed by atoms with Crippen molar-refractivity contribution in [2.75, 3.05) is 5.32 Å². The number of hydrogen-bond acceptors (Lipinski definition) is 4. The van der Waals surface area contributed by atoms with Crippen LogP contribution < -0.4 is 5.32 Å². The zero-order valence-electron chi connectivity index (χ0n) is 18.4. The lowest BCUT2D eigenvalue weighted by Crippen LogP contribution is -2.14. The summed E-state index contributed by atoms with van der Waals surface area (Å²) in [4.78, 5) is 12.2. The van der Waals surface area contributed by atoms with Crippen LogP contribution in [-0.2, 0) is 0 Å². The lowest BCUT2D eigenvalue weighted by atomic mass is 9.87. The van der Waals surface area contributed by atoms with Crippen LogP contribution >= 0.6 is 0 Å². The van der Waals surface area contributed by atoms with E-state index in [1.807, 2.05) is 24.7 Å². The van der Waals surface area contributed by atoms with E-state index in [9.17, 15) is 0 Å². The first-order valence-corrected chi connectivity index (χ1v) is 11.6. The summed E-state index contributed by atoms with van der Waals surface area (Å²) < 4.78 is 0. The fourth-order valence-corrected chi connectivity index (χ4v) is 4.90. The minimum atomic E-state index is 0.554. The number of nitrogens with one attached hydrogen (secondary N) is 3. The molecule has 1 aliphatic rings. The first kappa shape index (κ1) is 19.7. The standard InChI is InChI=1S/C27H26N6/c1-17(18-5-3-2-4-6-18)30-22-11-20(14-29-16-22)19-7-8-25-23(12-19)27(33-32-25)26-13-21-15-28-10-9-24(21)31-26/h7-16,18,30-31H,1-6H2,(H,32,33). The van der Waals surface area contributed by atoms with Crippen LogP contribution in [0.1, 0.15) is 32.1 Å². The van der Waals surface area contributed by atoms with Gasteiger partial charge in [-0.15, -0.1) is 0 Å². The maximum absolute atomic E-state index is 4.59. The van der Waals surface area contributed by atoms with Crippen molar-refractivity contribution >= 4 is 27.5 Å². The molecule has 1 aliphatic carbocycles. The van der Waals surface area contributed by atoms with Crippen LogP contribution in [0.15, 0.2) is 73.5 Å². The highest BCUT2D eigenvalue weighted by molar-refractivity contribution is 5.97. The molecule has 164 valence electrons. The number of nitrogens with zero attached hydrogens (tertiary/aromatic N) is 3. The van der Waals surface area contributed by atoms with Crippen LogP contribution in [-0.4, -0.2) is 25.1 Å². The highest BCUT2D eigenvalue weighted by Crippen LogP contribution is 2.33. The number of anilines is 1. The number of pyridine rings is 2. The molecule has 5 aromatic rings. The van der Waals surface area contributed by atoms with Gasteiger partial charge in [0.2, 0.25) is 0 Å². The van der Waals surface area contributed by atoms with Gasteiger partial charge in [-0.3, -0.25) is 15.1 Å². The van der Waals surface area contributed by atoms with E-state index < -0.39 is 0 Å². The summed E-state index contributed by atoms with van der Waals surface area (Å²) in [6.45, 7) is 4.31. The number of rotatable bonds is 5. The summed E-state index contributed by atoms with van der Waals surface area (Å²) in [5.74, 6) is 0.554. The van der Waals surface area contributed by atoms with Crippen molar-refractivity contribution in [2.24, 2.45) is 5.92 Å². The van der Waals surface area contributed by atoms with Crippen molar-refractivity contribution in [1.29, 1.82) is 0 Å². The number of hydrogen-bond donors (Lipinski definition) is 3. The van der Waals surface area contributed by atoms with E-state index in [1.165, 1.54) is 32.1 Å². The Balaban J connectivity index is 1.32. The third-order valence-corrected chi connectivity index (χ3v) is 6.71. The topological polar surface area (TPSA) is 82.3 Å². The number of allylic oxidation sites excluding steroid dienone is 1. The van der Waals surface area contributed by atoms with E-state index in [2.05, 4.69) is 67.4 Å². The van der Waals surface area contributed by atoms with Gasteiger partial charge in [0, 0.05) is 46.1 Å². The Bertz CT molecular complexity index is 1420. The van der Waals surface area contributed by atoms with Crippen LogP contribution in [0.25, 0.3) is 44.3 Å². The van der Waals surface area contributed by atoms with Crippen molar-refractivity contribution < 1.29 is 0 Å². The van der Waals surface area contributed by atoms with Crippen LogP contribution in [0.5, 0.6) is 0 Å². The Kier molecular flexibility index (Phi) is 4.91. The van der Waals surface area contributed by atoms with Crippen molar-refractivity contribution in [3.8, 4) is 22.5 Å². The van der Waals surface area contributed by atoms with E-state index in [0.29, 0.717) is 5.92 Å². The Morgan fingerprint density at radius 3 is 2.70 bits per heavy atom. The van der Waals surface area contributed by atoms with Gasteiger partial charge in [-0.1, -0.05) is 31.9 Å². The van der Waals surface area contributed by atoms with Crippen molar-refractivity contribution in [1.82, 2.24) is 25.1 Å². The predicted molar refractivity (Wildman–Crippen MR) is 134 cm³/mol. The second kappa shape index (κ2) is 8.20. The normalized spacial score (nSPS) is 14.7. The van der Waals surface area contributed by atoms with Gasteiger partial charge in [0.1, 0.15) is 5.69 Å². The summed E-state index contributed by atoms with van der Waals surface area (Å²) in [6, 6.07) is 12.6. The quantitative estimate of drug-likeness (QED) is 0.288. The van der Waals surface area contributed by atoms with Gasteiger partial charge in [0.25, 0.3) is 0 Å². The second-order valence-corrected chi connectivity index (χ2v) is 8.93. The molecule has 0 aliphatic heterocycles. The number of aromatic nitrogens is 5. The molecule has 4 aromatic heterocycles. The zero-order chi connectivity index (χ0) is 22.2. The first-order chi connectivity index (χ1) is 16.2. The molecule has 6 nitrogen and oxygen atoms in total. The van der Waals surface area contributed by atoms with Gasteiger partial charge < -0.3 is 10.3 Å². The monoisotopic (exact) mass is 434 g/mol. The molecular weight excluding hydrogens is 408 g/mol. The fourth-order valence-electron chi connectivity index (χ4n) is 4.90. The fraction of sp³-hybridized carbons (Fsp3) is 0.222. The molecule has 1 saturated carbocycles. The number of fused-ring (bicyclic) bond motifs is 2. The average Bonchev–Trinajstić information content (AvgIpc) is 3.48. The molecule has 0 saturated heterocycles. The first-order valence-electron chi connectivity index (χ1n) is 11.6. The number of H-pyrrole nitrogens is 2. The lowest BCUT2D eigenvalue weighted by Gasteiger charge is -2.24. The molecule has 1 fully saturated rings. The molecule has 0 spiro atoms. The Morgan fingerprint density at radius 2 is 1.82 bits per heavy atom. The third kappa shape index (κ3) is 3.78. The molecule has 1 aromatic carbocycles. The molecule has 4 heterocycles. The molecule has 0 amide bonds. The summed E-state index contributed by atoms with van der Waals surface area (Å²) in [7, 11) is 0. The highest BCUT2D eigenvalue weighted by Gasteiger charge is 2.17. The maximum atomic E-state index is 4.59. The average molecular weight is 435 g/mol. The Labute approximate surface area is 192 Å². The van der Waals surface area contributed by atoms with Crippen LogP contribution in [0.2, 0.25) is 0 Å². The van der Waals surface area contributed by atoms with Gasteiger partial charge >= 0.3 is 0 Å². The summed E-state index contributed by atoms with van der Waals surface area (Å²) >= 11 is 0. The van der Waals surface area contributed by atoms with Crippen molar-refractivity contribution in [2.45, 2.75) is 32.1 Å². The summed E-state index contributed by atoms with van der Waals surface area (Å²) in [6.07, 6.45) is 13.8. The zero-order valence-corrected chi connectivity index (χ0v) is 18.4. The number of aromatic amines is 2. The lowest BCUT2D eigenvalue weighted by molar-refractivity contribution is 0.405. The highest BCUT2D eigenvalue weighted by atomic mass is 15.1. The van der Waals surface area contributed by atoms with E-state index in [0.717, 1.165) is 55.7 Å². The van der Waals surface area contributed by atoms with Crippen LogP contribution in [0, 0.1) is 5.92 Å². The van der Waals surface area contributed by atoms with Gasteiger partial charge in [-0.05, 0) is 54.7 Å². The van der Waals surface area contributed by atoms with Crippen molar-refractivity contribution in [3.05, 3.63) is 73.5 Å². The van der Waals surface area contributed by atoms with E-state index in [1.54, 1.807) is 6.20 Å². The SMILES string of the molecule is C=C(Nc1cncc(-c2ccc3[nH]nc(-c4cc5cnccc5[nH]4)c3c2)c1)C1CCCCC1. The van der Waals surface area contributed by atoms with Gasteiger partial charge in [-0.25, -0.2) is 0 Å². The molecule has 6 heteroatoms. The third-order valence-electron chi connectivity index (χ3n) is 6.71. The van der Waals surface area contributed by atoms with Gasteiger partial charge in [0.05, 0.1) is 23.1 Å². The van der Waals surface area contributed by atoms with E-state index >= 15 is 0 Å². The minimum absolute atomic E-state index is 0.554. The molecule has 0 bridgehead atoms. The minimum Gasteiger partial charge on any atom is -0.358 e. The molecular formula is C27H26N6. The van der Waals surface area contributed by atoms with Crippen LogP contribution in [0.3, 0.4) is 0 Å². The molecule has 0 atom stereocenters. The smallest absolute Gasteiger partial charge is 0.116 e. The molecule has 6 rings (SSSR count). The molecule has 3 N–H and O–H groups in total. The van der Waals surface area contributed by atoms with Gasteiger partial charge in [0.15, 0.2) is 0 Å². The second-order valence-electron chi connectivity index (χ2n) is 8.93. The van der Waals surface area contributed by atoms with E-state index in [-0.39, 0.29) is 0 Å². The molecule has 0 radical (unpaired) electrons. The summed E-state index contributed by atoms with van der Waals surface area (Å²) in [5, 5.41) is 13.4. The maximum Gasteiger partial charge on any atom is 0.116 e. The van der Waals surface area contributed by atoms with E-state index in [4.69, 9.17) is 0 Å². The van der Waals surface area contributed by atoms with Gasteiger partial charge in [-0.2, -0.15) is 5.10 Å². The Morgan fingerprint density at radius 1 is 0.909 bits per heavy atom. The molecule has 33 heavy (non-hydrogen) atoms. The predicted octanol–water partition coefficient (Wildman–Crippen LogP) is 6.67. The van der Waals surface area contributed by atoms with Crippen LogP contribution in [0.4, 0.5) is 5.69 Å². The number of benzene rings is 1.